The molecular formula is C16H15FN2O2. The molecule has 0 aliphatic carbocycles. The Bertz CT molecular complexity index is 675. The number of carbonyl (C=O) groups is 1. The lowest BCUT2D eigenvalue weighted by Gasteiger charge is -2.36. The topological polar surface area (TPSA) is 53.4 Å². The van der Waals surface area contributed by atoms with Gasteiger partial charge in [0, 0.05) is 12.7 Å². The van der Waals surface area contributed by atoms with Crippen LogP contribution in [-0.2, 0) is 6.42 Å². The van der Waals surface area contributed by atoms with Crippen LogP contribution < -0.4 is 0 Å². The summed E-state index contributed by atoms with van der Waals surface area (Å²) in [5.41, 5.74) is 2.03. The van der Waals surface area contributed by atoms with Gasteiger partial charge in [0.1, 0.15) is 0 Å². The van der Waals surface area contributed by atoms with Crippen LogP contribution >= 0.6 is 0 Å². The Morgan fingerprint density at radius 1 is 1.38 bits per heavy atom. The maximum atomic E-state index is 13.7. The lowest BCUT2D eigenvalue weighted by molar-refractivity contribution is 0.0564. The Morgan fingerprint density at radius 2 is 2.19 bits per heavy atom. The standard InChI is InChI=1S/C16H15FN2O2/c17-14-9-18-7-5-13(14)16(21)19-8-6-11-3-1-2-4-12(11)15(19)10-20/h1-5,7,9,15,20H,6,8,10H2/t15-/m0/s1. The number of aliphatic hydroxyl groups is 1. The van der Waals surface area contributed by atoms with Gasteiger partial charge in [-0.2, -0.15) is 0 Å². The minimum Gasteiger partial charge on any atom is -0.394 e. The van der Waals surface area contributed by atoms with Crippen molar-refractivity contribution in [3.8, 4) is 0 Å². The van der Waals surface area contributed by atoms with E-state index in [4.69, 9.17) is 0 Å². The number of halogens is 1. The second-order valence-corrected chi connectivity index (χ2v) is 5.00. The number of aliphatic hydroxyl groups excluding tert-OH is 1. The Balaban J connectivity index is 1.96. The van der Waals surface area contributed by atoms with Crippen molar-refractivity contribution in [3.05, 3.63) is 65.2 Å². The molecule has 0 saturated carbocycles. The Kier molecular flexibility index (Phi) is 3.66. The summed E-state index contributed by atoms with van der Waals surface area (Å²) >= 11 is 0. The molecule has 4 nitrogen and oxygen atoms in total. The summed E-state index contributed by atoms with van der Waals surface area (Å²) in [4.78, 5) is 17.7. The summed E-state index contributed by atoms with van der Waals surface area (Å²) in [6, 6.07) is 8.64. The van der Waals surface area contributed by atoms with Gasteiger partial charge in [0.2, 0.25) is 0 Å². The van der Waals surface area contributed by atoms with Crippen molar-refractivity contribution in [3.63, 3.8) is 0 Å². The van der Waals surface area contributed by atoms with E-state index in [1.165, 1.54) is 17.2 Å². The first kappa shape index (κ1) is 13.7. The van der Waals surface area contributed by atoms with Crippen molar-refractivity contribution in [1.82, 2.24) is 9.88 Å². The van der Waals surface area contributed by atoms with E-state index in [2.05, 4.69) is 4.98 Å². The normalized spacial score (nSPS) is 17.4. The molecule has 2 heterocycles. The van der Waals surface area contributed by atoms with E-state index < -0.39 is 17.8 Å². The highest BCUT2D eigenvalue weighted by Crippen LogP contribution is 2.30. The van der Waals surface area contributed by atoms with E-state index >= 15 is 0 Å². The second kappa shape index (κ2) is 5.61. The van der Waals surface area contributed by atoms with Gasteiger partial charge in [0.25, 0.3) is 5.91 Å². The SMILES string of the molecule is O=C(c1ccncc1F)N1CCc2ccccc2[C@@H]1CO. The minimum absolute atomic E-state index is 0.0113. The molecule has 1 N–H and O–H groups in total. The first-order valence-corrected chi connectivity index (χ1v) is 6.81. The number of hydrogen-bond acceptors (Lipinski definition) is 3. The number of amides is 1. The predicted octanol–water partition coefficient (Wildman–Crippen LogP) is 1.95. The molecule has 2 aromatic rings. The minimum atomic E-state index is -0.641. The van der Waals surface area contributed by atoms with Gasteiger partial charge in [-0.1, -0.05) is 24.3 Å². The third-order valence-electron chi connectivity index (χ3n) is 3.85. The molecule has 21 heavy (non-hydrogen) atoms. The molecule has 1 aromatic heterocycles. The number of hydrogen-bond donors (Lipinski definition) is 1. The Hall–Kier alpha value is -2.27. The third kappa shape index (κ3) is 2.40. The van der Waals surface area contributed by atoms with Crippen LogP contribution in [-0.4, -0.2) is 34.0 Å². The van der Waals surface area contributed by atoms with Crippen LogP contribution in [0.3, 0.4) is 0 Å². The smallest absolute Gasteiger partial charge is 0.257 e. The number of benzene rings is 1. The highest BCUT2D eigenvalue weighted by atomic mass is 19.1. The van der Waals surface area contributed by atoms with Crippen molar-refractivity contribution in [2.24, 2.45) is 0 Å². The second-order valence-electron chi connectivity index (χ2n) is 5.00. The first-order valence-electron chi connectivity index (χ1n) is 6.81. The van der Waals surface area contributed by atoms with E-state index in [-0.39, 0.29) is 12.2 Å². The van der Waals surface area contributed by atoms with Crippen LogP contribution in [0.25, 0.3) is 0 Å². The molecule has 1 aromatic carbocycles. The lowest BCUT2D eigenvalue weighted by Crippen LogP contribution is -2.42. The maximum Gasteiger partial charge on any atom is 0.257 e. The molecule has 0 unspecified atom stereocenters. The molecule has 1 atom stereocenters. The number of fused-ring (bicyclic) bond motifs is 1. The molecule has 0 radical (unpaired) electrons. The summed E-state index contributed by atoms with van der Waals surface area (Å²) in [5.74, 6) is -1.05. The van der Waals surface area contributed by atoms with Crippen LogP contribution in [0.2, 0.25) is 0 Å². The molecule has 1 amide bonds. The molecule has 0 saturated heterocycles. The summed E-state index contributed by atoms with van der Waals surface area (Å²) in [5, 5.41) is 9.67. The van der Waals surface area contributed by atoms with Crippen LogP contribution in [0.1, 0.15) is 27.5 Å². The highest BCUT2D eigenvalue weighted by Gasteiger charge is 2.31. The molecule has 0 spiro atoms. The van der Waals surface area contributed by atoms with E-state index in [1.54, 1.807) is 0 Å². The lowest BCUT2D eigenvalue weighted by atomic mass is 9.92. The Labute approximate surface area is 121 Å². The zero-order chi connectivity index (χ0) is 14.8. The molecule has 3 rings (SSSR count). The summed E-state index contributed by atoms with van der Waals surface area (Å²) < 4.78 is 13.7. The average Bonchev–Trinajstić information content (AvgIpc) is 2.53. The van der Waals surface area contributed by atoms with E-state index in [0.29, 0.717) is 13.0 Å². The summed E-state index contributed by atoms with van der Waals surface area (Å²) in [7, 11) is 0. The third-order valence-corrected chi connectivity index (χ3v) is 3.85. The van der Waals surface area contributed by atoms with Crippen molar-refractivity contribution in [2.45, 2.75) is 12.5 Å². The molecular weight excluding hydrogens is 271 g/mol. The fourth-order valence-corrected chi connectivity index (χ4v) is 2.79. The van der Waals surface area contributed by atoms with Crippen LogP contribution in [0.15, 0.2) is 42.7 Å². The summed E-state index contributed by atoms with van der Waals surface area (Å²) in [6.07, 6.45) is 3.12. The van der Waals surface area contributed by atoms with Gasteiger partial charge < -0.3 is 10.0 Å². The van der Waals surface area contributed by atoms with Crippen molar-refractivity contribution in [1.29, 1.82) is 0 Å². The number of pyridine rings is 1. The summed E-state index contributed by atoms with van der Waals surface area (Å²) in [6.45, 7) is 0.276. The number of nitrogens with zero attached hydrogens (tertiary/aromatic N) is 2. The van der Waals surface area contributed by atoms with Gasteiger partial charge >= 0.3 is 0 Å². The number of aromatic nitrogens is 1. The fourth-order valence-electron chi connectivity index (χ4n) is 2.79. The van der Waals surface area contributed by atoms with Gasteiger partial charge in [0.05, 0.1) is 24.4 Å². The van der Waals surface area contributed by atoms with E-state index in [0.717, 1.165) is 17.3 Å². The van der Waals surface area contributed by atoms with Gasteiger partial charge in [-0.05, 0) is 23.6 Å². The van der Waals surface area contributed by atoms with Crippen molar-refractivity contribution < 1.29 is 14.3 Å². The van der Waals surface area contributed by atoms with E-state index in [9.17, 15) is 14.3 Å². The largest absolute Gasteiger partial charge is 0.394 e. The molecule has 0 bridgehead atoms. The zero-order valence-corrected chi connectivity index (χ0v) is 11.4. The monoisotopic (exact) mass is 286 g/mol. The molecule has 5 heteroatoms. The van der Waals surface area contributed by atoms with Crippen LogP contribution in [0.5, 0.6) is 0 Å². The maximum absolute atomic E-state index is 13.7. The zero-order valence-electron chi connectivity index (χ0n) is 11.4. The van der Waals surface area contributed by atoms with Gasteiger partial charge in [0.15, 0.2) is 5.82 Å². The highest BCUT2D eigenvalue weighted by molar-refractivity contribution is 5.94. The quantitative estimate of drug-likeness (QED) is 0.918. The first-order chi connectivity index (χ1) is 10.2. The average molecular weight is 286 g/mol. The van der Waals surface area contributed by atoms with Crippen molar-refractivity contribution in [2.75, 3.05) is 13.2 Å². The van der Waals surface area contributed by atoms with Crippen molar-refractivity contribution >= 4 is 5.91 Å². The number of carbonyl (C=O) groups excluding carboxylic acids is 1. The molecule has 108 valence electrons. The van der Waals surface area contributed by atoms with Gasteiger partial charge in [-0.15, -0.1) is 0 Å². The molecule has 1 aliphatic rings. The molecule has 1 aliphatic heterocycles. The van der Waals surface area contributed by atoms with Crippen LogP contribution in [0.4, 0.5) is 4.39 Å². The molecule has 0 fully saturated rings. The predicted molar refractivity (Wildman–Crippen MR) is 75.2 cm³/mol. The number of rotatable bonds is 2. The fraction of sp³-hybridized carbons (Fsp3) is 0.250. The van der Waals surface area contributed by atoms with E-state index in [1.807, 2.05) is 24.3 Å². The Morgan fingerprint density at radius 3 is 2.95 bits per heavy atom. The van der Waals surface area contributed by atoms with Crippen LogP contribution in [0, 0.1) is 5.82 Å². The van der Waals surface area contributed by atoms with Gasteiger partial charge in [-0.25, -0.2) is 4.39 Å². The van der Waals surface area contributed by atoms with Gasteiger partial charge in [-0.3, -0.25) is 9.78 Å².